The number of rotatable bonds is 10. The molecule has 0 radical (unpaired) electrons. The topological polar surface area (TPSA) is 86.1 Å². The Kier molecular flexibility index (Phi) is 7.83. The molecule has 0 unspecified atom stereocenters. The van der Waals surface area contributed by atoms with E-state index < -0.39 is 0 Å². The maximum atomic E-state index is 12.3. The van der Waals surface area contributed by atoms with Crippen molar-refractivity contribution in [1.82, 2.24) is 14.8 Å². The van der Waals surface area contributed by atoms with Gasteiger partial charge in [0, 0.05) is 17.8 Å². The van der Waals surface area contributed by atoms with E-state index in [4.69, 9.17) is 4.74 Å². The van der Waals surface area contributed by atoms with Gasteiger partial charge in [0.2, 0.25) is 5.91 Å². The van der Waals surface area contributed by atoms with Crippen LogP contribution < -0.4 is 10.1 Å². The molecular weight excluding hydrogens is 412 g/mol. The predicted molar refractivity (Wildman–Crippen MR) is 122 cm³/mol. The number of Topliss-reactive ketones (excluding diaryl/α,β-unsaturated/α-hetero) is 1. The number of aromatic nitrogens is 3. The standard InChI is InChI=1S/C23H26N4O3S/c1-4-17-9-11-20(12-10-17)30-14-21-25-26-23(27(21)5-2)31-15-22(29)24-19-8-6-7-18(13-19)16(3)28/h6-13H,4-5,14-15H2,1-3H3,(H,24,29). The molecule has 0 bridgehead atoms. The van der Waals surface area contributed by atoms with Crippen molar-refractivity contribution in [2.75, 3.05) is 11.1 Å². The molecule has 0 spiro atoms. The maximum Gasteiger partial charge on any atom is 0.234 e. The van der Waals surface area contributed by atoms with Gasteiger partial charge in [0.05, 0.1) is 5.75 Å². The first-order valence-corrected chi connectivity index (χ1v) is 11.2. The minimum atomic E-state index is -0.176. The quantitative estimate of drug-likeness (QED) is 0.374. The van der Waals surface area contributed by atoms with Gasteiger partial charge in [-0.25, -0.2) is 0 Å². The number of aryl methyl sites for hydroxylation is 1. The zero-order valence-corrected chi connectivity index (χ0v) is 18.7. The number of ether oxygens (including phenoxy) is 1. The number of hydrogen-bond donors (Lipinski definition) is 1. The molecule has 0 aliphatic carbocycles. The fraction of sp³-hybridized carbons (Fsp3) is 0.304. The van der Waals surface area contributed by atoms with Crippen LogP contribution in [0.1, 0.15) is 42.5 Å². The van der Waals surface area contributed by atoms with Gasteiger partial charge in [0.25, 0.3) is 0 Å². The van der Waals surface area contributed by atoms with E-state index in [-0.39, 0.29) is 17.4 Å². The summed E-state index contributed by atoms with van der Waals surface area (Å²) in [7, 11) is 0. The number of nitrogens with one attached hydrogen (secondary N) is 1. The third-order valence-corrected chi connectivity index (χ3v) is 5.66. The summed E-state index contributed by atoms with van der Waals surface area (Å²) in [6.07, 6.45) is 0.987. The smallest absolute Gasteiger partial charge is 0.234 e. The summed E-state index contributed by atoms with van der Waals surface area (Å²) in [5.74, 6) is 1.45. The minimum absolute atomic E-state index is 0.0439. The molecule has 0 saturated heterocycles. The highest BCUT2D eigenvalue weighted by atomic mass is 32.2. The Morgan fingerprint density at radius 2 is 1.87 bits per heavy atom. The van der Waals surface area contributed by atoms with Crippen LogP contribution in [0.15, 0.2) is 53.7 Å². The Hall–Kier alpha value is -3.13. The first-order valence-electron chi connectivity index (χ1n) is 10.2. The van der Waals surface area contributed by atoms with Gasteiger partial charge in [-0.05, 0) is 50.1 Å². The van der Waals surface area contributed by atoms with Gasteiger partial charge < -0.3 is 14.6 Å². The molecule has 162 valence electrons. The number of carbonyl (C=O) groups excluding carboxylic acids is 2. The normalized spacial score (nSPS) is 10.7. The molecule has 0 fully saturated rings. The van der Waals surface area contributed by atoms with Crippen molar-refractivity contribution in [2.45, 2.75) is 45.5 Å². The van der Waals surface area contributed by atoms with E-state index in [2.05, 4.69) is 22.4 Å². The number of amides is 1. The number of nitrogens with zero attached hydrogens (tertiary/aromatic N) is 3. The highest BCUT2D eigenvalue weighted by Gasteiger charge is 2.14. The van der Waals surface area contributed by atoms with Gasteiger partial charge in [-0.1, -0.05) is 43.0 Å². The molecule has 2 aromatic carbocycles. The van der Waals surface area contributed by atoms with Crippen LogP contribution in [0.5, 0.6) is 5.75 Å². The number of ketones is 1. The van der Waals surface area contributed by atoms with Crippen LogP contribution in [0.4, 0.5) is 5.69 Å². The molecular formula is C23H26N4O3S. The van der Waals surface area contributed by atoms with E-state index in [0.717, 1.165) is 12.2 Å². The van der Waals surface area contributed by atoms with Crippen LogP contribution in [-0.2, 0) is 24.4 Å². The summed E-state index contributed by atoms with van der Waals surface area (Å²) >= 11 is 1.31. The summed E-state index contributed by atoms with van der Waals surface area (Å²) in [5, 5.41) is 11.9. The van der Waals surface area contributed by atoms with Crippen LogP contribution in [0.3, 0.4) is 0 Å². The van der Waals surface area contributed by atoms with Gasteiger partial charge in [0.15, 0.2) is 16.8 Å². The van der Waals surface area contributed by atoms with E-state index in [0.29, 0.717) is 35.4 Å². The minimum Gasteiger partial charge on any atom is -0.486 e. The van der Waals surface area contributed by atoms with Crippen molar-refractivity contribution in [3.05, 3.63) is 65.5 Å². The lowest BCUT2D eigenvalue weighted by atomic mass is 10.1. The monoisotopic (exact) mass is 438 g/mol. The molecule has 0 atom stereocenters. The molecule has 8 heteroatoms. The van der Waals surface area contributed by atoms with Crippen LogP contribution in [0.2, 0.25) is 0 Å². The Balaban J connectivity index is 1.56. The Labute approximate surface area is 186 Å². The zero-order valence-electron chi connectivity index (χ0n) is 17.9. The van der Waals surface area contributed by atoms with E-state index in [1.165, 1.54) is 24.2 Å². The van der Waals surface area contributed by atoms with Crippen molar-refractivity contribution < 1.29 is 14.3 Å². The van der Waals surface area contributed by atoms with Crippen molar-refractivity contribution in [3.8, 4) is 5.75 Å². The largest absolute Gasteiger partial charge is 0.486 e. The van der Waals surface area contributed by atoms with Crippen molar-refractivity contribution in [1.29, 1.82) is 0 Å². The third-order valence-electron chi connectivity index (χ3n) is 4.69. The molecule has 0 saturated carbocycles. The molecule has 7 nitrogen and oxygen atoms in total. The molecule has 1 heterocycles. The molecule has 0 aliphatic heterocycles. The number of anilines is 1. The van der Waals surface area contributed by atoms with E-state index in [1.54, 1.807) is 24.3 Å². The van der Waals surface area contributed by atoms with E-state index >= 15 is 0 Å². The predicted octanol–water partition coefficient (Wildman–Crippen LogP) is 4.37. The number of thioether (sulfide) groups is 1. The molecule has 1 aromatic heterocycles. The van der Waals surface area contributed by atoms with Crippen LogP contribution in [0, 0.1) is 0 Å². The highest BCUT2D eigenvalue weighted by molar-refractivity contribution is 7.99. The van der Waals surface area contributed by atoms with Crippen molar-refractivity contribution in [2.24, 2.45) is 0 Å². The molecule has 1 N–H and O–H groups in total. The number of carbonyl (C=O) groups is 2. The second kappa shape index (κ2) is 10.8. The average Bonchev–Trinajstić information content (AvgIpc) is 3.18. The lowest BCUT2D eigenvalue weighted by Crippen LogP contribution is -2.15. The summed E-state index contributed by atoms with van der Waals surface area (Å²) in [4.78, 5) is 23.8. The SMILES string of the molecule is CCc1ccc(OCc2nnc(SCC(=O)Nc3cccc(C(C)=O)c3)n2CC)cc1. The second-order valence-electron chi connectivity index (χ2n) is 6.90. The molecule has 31 heavy (non-hydrogen) atoms. The summed E-state index contributed by atoms with van der Waals surface area (Å²) in [6.45, 7) is 6.58. The lowest BCUT2D eigenvalue weighted by molar-refractivity contribution is -0.113. The van der Waals surface area contributed by atoms with Crippen molar-refractivity contribution in [3.63, 3.8) is 0 Å². The first kappa shape index (κ1) is 22.6. The van der Waals surface area contributed by atoms with Crippen molar-refractivity contribution >= 4 is 29.1 Å². The van der Waals surface area contributed by atoms with Crippen LogP contribution in [0.25, 0.3) is 0 Å². The lowest BCUT2D eigenvalue weighted by Gasteiger charge is -2.09. The summed E-state index contributed by atoms with van der Waals surface area (Å²) in [6, 6.07) is 14.9. The fourth-order valence-corrected chi connectivity index (χ4v) is 3.78. The maximum absolute atomic E-state index is 12.3. The van der Waals surface area contributed by atoms with E-state index in [1.807, 2.05) is 35.8 Å². The van der Waals surface area contributed by atoms with Gasteiger partial charge in [-0.15, -0.1) is 10.2 Å². The summed E-state index contributed by atoms with van der Waals surface area (Å²) in [5.41, 5.74) is 2.41. The zero-order chi connectivity index (χ0) is 22.2. The van der Waals surface area contributed by atoms with E-state index in [9.17, 15) is 9.59 Å². The second-order valence-corrected chi connectivity index (χ2v) is 7.85. The highest BCUT2D eigenvalue weighted by Crippen LogP contribution is 2.20. The number of hydrogen-bond acceptors (Lipinski definition) is 6. The van der Waals surface area contributed by atoms with Gasteiger partial charge in [-0.2, -0.15) is 0 Å². The van der Waals surface area contributed by atoms with Gasteiger partial charge in [0.1, 0.15) is 12.4 Å². The van der Waals surface area contributed by atoms with Gasteiger partial charge >= 0.3 is 0 Å². The average molecular weight is 439 g/mol. The number of benzene rings is 2. The molecule has 0 aliphatic rings. The summed E-state index contributed by atoms with van der Waals surface area (Å²) < 4.78 is 7.78. The fourth-order valence-electron chi connectivity index (χ4n) is 2.96. The Morgan fingerprint density at radius 3 is 2.55 bits per heavy atom. The molecule has 1 amide bonds. The Bertz CT molecular complexity index is 1050. The molecule has 3 rings (SSSR count). The van der Waals surface area contributed by atoms with Crippen LogP contribution in [-0.4, -0.2) is 32.2 Å². The molecule has 3 aromatic rings. The third kappa shape index (κ3) is 6.18. The first-order chi connectivity index (χ1) is 15.0. The van der Waals surface area contributed by atoms with Gasteiger partial charge in [-0.3, -0.25) is 9.59 Å². The van der Waals surface area contributed by atoms with Crippen LogP contribution >= 0.6 is 11.8 Å². The Morgan fingerprint density at radius 1 is 1.10 bits per heavy atom.